The Bertz CT molecular complexity index is 524. The van der Waals surface area contributed by atoms with Crippen molar-refractivity contribution >= 4 is 35.2 Å². The average molecular weight is 313 g/mol. The van der Waals surface area contributed by atoms with E-state index < -0.39 is 0 Å². The highest BCUT2D eigenvalue weighted by atomic mass is 35.5. The maximum atomic E-state index is 12.1. The molecule has 1 aromatic rings. The summed E-state index contributed by atoms with van der Waals surface area (Å²) in [7, 11) is 1.75. The maximum absolute atomic E-state index is 12.1. The smallest absolute Gasteiger partial charge is 0.233 e. The van der Waals surface area contributed by atoms with Gasteiger partial charge in [-0.1, -0.05) is 23.7 Å². The molecular weight excluding hydrogens is 296 g/mol. The van der Waals surface area contributed by atoms with Crippen LogP contribution in [0.15, 0.2) is 29.2 Å². The van der Waals surface area contributed by atoms with Gasteiger partial charge in [0.15, 0.2) is 0 Å². The van der Waals surface area contributed by atoms with E-state index in [1.54, 1.807) is 18.0 Å². The molecule has 0 unspecified atom stereocenters. The molecular formula is C14H17ClN2O2S. The molecule has 2 rings (SSSR count). The molecule has 6 heteroatoms. The lowest BCUT2D eigenvalue weighted by Gasteiger charge is -2.16. The topological polar surface area (TPSA) is 49.4 Å². The molecule has 0 saturated carbocycles. The first kappa shape index (κ1) is 15.2. The normalized spacial score (nSPS) is 20.1. The maximum Gasteiger partial charge on any atom is 0.233 e. The van der Waals surface area contributed by atoms with Gasteiger partial charge in [0.1, 0.15) is 0 Å². The van der Waals surface area contributed by atoms with Gasteiger partial charge in [0.25, 0.3) is 0 Å². The molecule has 1 aliphatic rings. The molecule has 0 bridgehead atoms. The van der Waals surface area contributed by atoms with Gasteiger partial charge in [-0.15, -0.1) is 11.8 Å². The predicted octanol–water partition coefficient (Wildman–Crippen LogP) is 2.17. The molecule has 0 spiro atoms. The minimum atomic E-state index is -0.254. The van der Waals surface area contributed by atoms with Gasteiger partial charge in [-0.05, 0) is 19.1 Å². The molecule has 0 radical (unpaired) electrons. The van der Waals surface area contributed by atoms with Crippen LogP contribution in [-0.4, -0.2) is 41.6 Å². The number of benzene rings is 1. The number of nitrogens with one attached hydrogen (secondary N) is 1. The molecule has 2 atom stereocenters. The van der Waals surface area contributed by atoms with Crippen molar-refractivity contribution in [2.24, 2.45) is 0 Å². The zero-order chi connectivity index (χ0) is 14.7. The van der Waals surface area contributed by atoms with Crippen LogP contribution in [0.3, 0.4) is 0 Å². The van der Waals surface area contributed by atoms with Crippen molar-refractivity contribution in [3.05, 3.63) is 29.3 Å². The van der Waals surface area contributed by atoms with Crippen molar-refractivity contribution in [1.29, 1.82) is 0 Å². The van der Waals surface area contributed by atoms with Gasteiger partial charge in [0.05, 0.1) is 16.3 Å². The number of hydrogen-bond acceptors (Lipinski definition) is 3. The largest absolute Gasteiger partial charge is 0.350 e. The van der Waals surface area contributed by atoms with Crippen molar-refractivity contribution in [3.8, 4) is 0 Å². The molecule has 1 N–H and O–H groups in total. The Morgan fingerprint density at radius 2 is 2.20 bits per heavy atom. The molecule has 1 heterocycles. The van der Waals surface area contributed by atoms with Crippen molar-refractivity contribution in [1.82, 2.24) is 10.2 Å². The summed E-state index contributed by atoms with van der Waals surface area (Å²) in [6.45, 7) is 2.41. The Kier molecular flexibility index (Phi) is 4.94. The first-order valence-corrected chi connectivity index (χ1v) is 7.68. The number of likely N-dealkylation sites (tertiary alicyclic amines) is 1. The lowest BCUT2D eigenvalue weighted by atomic mass is 10.2. The van der Waals surface area contributed by atoms with E-state index in [1.807, 2.05) is 25.1 Å². The molecule has 4 nitrogen and oxygen atoms in total. The number of nitrogens with zero attached hydrogens (tertiary/aromatic N) is 1. The lowest BCUT2D eigenvalue weighted by molar-refractivity contribution is -0.126. The third kappa shape index (κ3) is 3.67. The summed E-state index contributed by atoms with van der Waals surface area (Å²) in [6.07, 6.45) is 0.381. The fourth-order valence-electron chi connectivity index (χ4n) is 2.06. The quantitative estimate of drug-likeness (QED) is 0.867. The SMILES string of the molecule is C[C@H](Sc1ccccc1Cl)C(=O)N[C@H]1CC(=O)N(C)C1. The van der Waals surface area contributed by atoms with Crippen molar-refractivity contribution in [2.45, 2.75) is 29.5 Å². The summed E-state index contributed by atoms with van der Waals surface area (Å²) >= 11 is 7.50. The second-order valence-electron chi connectivity index (χ2n) is 4.87. The van der Waals surface area contributed by atoms with Crippen LogP contribution >= 0.6 is 23.4 Å². The third-order valence-electron chi connectivity index (χ3n) is 3.20. The molecule has 20 heavy (non-hydrogen) atoms. The van der Waals surface area contributed by atoms with Crippen LogP contribution in [0, 0.1) is 0 Å². The van der Waals surface area contributed by atoms with E-state index in [-0.39, 0.29) is 23.1 Å². The van der Waals surface area contributed by atoms with Gasteiger partial charge in [-0.3, -0.25) is 9.59 Å². The Balaban J connectivity index is 1.90. The van der Waals surface area contributed by atoms with Crippen LogP contribution in [0.4, 0.5) is 0 Å². The molecule has 2 amide bonds. The Morgan fingerprint density at radius 3 is 2.80 bits per heavy atom. The molecule has 1 aromatic carbocycles. The van der Waals surface area contributed by atoms with Crippen LogP contribution in [0.1, 0.15) is 13.3 Å². The summed E-state index contributed by atoms with van der Waals surface area (Å²) in [5, 5.41) is 3.31. The average Bonchev–Trinajstić information content (AvgIpc) is 2.71. The molecule has 0 aliphatic carbocycles. The van der Waals surface area contributed by atoms with Crippen LogP contribution in [0.25, 0.3) is 0 Å². The fourth-order valence-corrected chi connectivity index (χ4v) is 3.23. The molecule has 1 fully saturated rings. The van der Waals surface area contributed by atoms with Gasteiger partial charge < -0.3 is 10.2 Å². The molecule has 108 valence electrons. The minimum Gasteiger partial charge on any atom is -0.350 e. The van der Waals surface area contributed by atoms with Gasteiger partial charge in [-0.25, -0.2) is 0 Å². The van der Waals surface area contributed by atoms with E-state index >= 15 is 0 Å². The zero-order valence-electron chi connectivity index (χ0n) is 11.4. The predicted molar refractivity (Wildman–Crippen MR) is 81.0 cm³/mol. The number of carbonyl (C=O) groups excluding carboxylic acids is 2. The van der Waals surface area contributed by atoms with Gasteiger partial charge in [0.2, 0.25) is 11.8 Å². The standard InChI is InChI=1S/C14H17ClN2O2S/c1-9(20-12-6-4-3-5-11(12)15)14(19)16-10-7-13(18)17(2)8-10/h3-6,9-10H,7-8H2,1-2H3,(H,16,19)/t9-,10-/m0/s1. The fraction of sp³-hybridized carbons (Fsp3) is 0.429. The Morgan fingerprint density at radius 1 is 1.50 bits per heavy atom. The van der Waals surface area contributed by atoms with Crippen molar-refractivity contribution in [3.63, 3.8) is 0 Å². The monoisotopic (exact) mass is 312 g/mol. The molecule has 1 aliphatic heterocycles. The van der Waals surface area contributed by atoms with Gasteiger partial charge >= 0.3 is 0 Å². The van der Waals surface area contributed by atoms with E-state index in [9.17, 15) is 9.59 Å². The van der Waals surface area contributed by atoms with Gasteiger partial charge in [0, 0.05) is 24.9 Å². The Labute approximate surface area is 127 Å². The zero-order valence-corrected chi connectivity index (χ0v) is 13.0. The highest BCUT2D eigenvalue weighted by molar-refractivity contribution is 8.00. The van der Waals surface area contributed by atoms with Crippen LogP contribution < -0.4 is 5.32 Å². The molecule has 1 saturated heterocycles. The summed E-state index contributed by atoms with van der Waals surface area (Å²) in [4.78, 5) is 26.1. The lowest BCUT2D eigenvalue weighted by Crippen LogP contribution is -2.40. The van der Waals surface area contributed by atoms with E-state index in [4.69, 9.17) is 11.6 Å². The van der Waals surface area contributed by atoms with E-state index in [0.29, 0.717) is 18.0 Å². The highest BCUT2D eigenvalue weighted by Crippen LogP contribution is 2.30. The summed E-state index contributed by atoms with van der Waals surface area (Å²) < 4.78 is 0. The summed E-state index contributed by atoms with van der Waals surface area (Å²) in [6, 6.07) is 7.36. The second-order valence-corrected chi connectivity index (χ2v) is 6.66. The summed E-state index contributed by atoms with van der Waals surface area (Å²) in [5.41, 5.74) is 0. The van der Waals surface area contributed by atoms with E-state index in [2.05, 4.69) is 5.32 Å². The van der Waals surface area contributed by atoms with E-state index in [1.165, 1.54) is 11.8 Å². The first-order valence-electron chi connectivity index (χ1n) is 6.43. The van der Waals surface area contributed by atoms with Gasteiger partial charge in [-0.2, -0.15) is 0 Å². The number of likely N-dealkylation sites (N-methyl/N-ethyl adjacent to an activating group) is 1. The molecule has 0 aromatic heterocycles. The summed E-state index contributed by atoms with van der Waals surface area (Å²) in [5.74, 6) is 0.00438. The van der Waals surface area contributed by atoms with Crippen molar-refractivity contribution < 1.29 is 9.59 Å². The number of carbonyl (C=O) groups is 2. The highest BCUT2D eigenvalue weighted by Gasteiger charge is 2.29. The first-order chi connectivity index (χ1) is 9.47. The van der Waals surface area contributed by atoms with Crippen LogP contribution in [-0.2, 0) is 9.59 Å². The Hall–Kier alpha value is -1.20. The number of hydrogen-bond donors (Lipinski definition) is 1. The number of halogens is 1. The van der Waals surface area contributed by atoms with Crippen molar-refractivity contribution in [2.75, 3.05) is 13.6 Å². The van der Waals surface area contributed by atoms with E-state index in [0.717, 1.165) is 4.90 Å². The minimum absolute atomic E-state index is 0.0666. The van der Waals surface area contributed by atoms with Crippen LogP contribution in [0.5, 0.6) is 0 Å². The number of rotatable bonds is 4. The number of thioether (sulfide) groups is 1. The third-order valence-corrected chi connectivity index (χ3v) is 4.82. The van der Waals surface area contributed by atoms with Crippen LogP contribution in [0.2, 0.25) is 5.02 Å². The second kappa shape index (κ2) is 6.50. The number of amides is 2.